The largest absolute Gasteiger partial charge is 0.480 e. The summed E-state index contributed by atoms with van der Waals surface area (Å²) in [6.07, 6.45) is 1.43. The van der Waals surface area contributed by atoms with Crippen LogP contribution in [0.2, 0.25) is 0 Å². The molecule has 0 aromatic heterocycles. The summed E-state index contributed by atoms with van der Waals surface area (Å²) in [7, 11) is 0. The minimum atomic E-state index is -0.947. The summed E-state index contributed by atoms with van der Waals surface area (Å²) in [4.78, 5) is 10.6. The lowest BCUT2D eigenvalue weighted by atomic mass is 9.82. The number of rotatable bonds is 8. The Kier molecular flexibility index (Phi) is 6.49. The van der Waals surface area contributed by atoms with E-state index in [0.29, 0.717) is 6.42 Å². The Bertz CT molecular complexity index is 434. The predicted molar refractivity (Wildman–Crippen MR) is 81.6 cm³/mol. The number of carboxylic acids is 1. The van der Waals surface area contributed by atoms with Crippen LogP contribution in [-0.4, -0.2) is 28.6 Å². The fourth-order valence-electron chi connectivity index (χ4n) is 1.81. The van der Waals surface area contributed by atoms with Crippen molar-refractivity contribution in [3.05, 3.63) is 35.6 Å². The summed E-state index contributed by atoms with van der Waals surface area (Å²) in [5.74, 6) is 0.503. The molecule has 0 spiro atoms. The SMILES string of the molecule is CC(C)(CCSCCC(N)C(=O)O)c1ccc(F)cc1. The summed E-state index contributed by atoms with van der Waals surface area (Å²) in [5, 5.41) is 8.67. The van der Waals surface area contributed by atoms with Gasteiger partial charge in [-0.25, -0.2) is 4.39 Å². The van der Waals surface area contributed by atoms with Crippen molar-refractivity contribution >= 4 is 17.7 Å². The van der Waals surface area contributed by atoms with Gasteiger partial charge < -0.3 is 10.8 Å². The Labute approximate surface area is 123 Å². The Morgan fingerprint density at radius 2 is 1.95 bits per heavy atom. The summed E-state index contributed by atoms with van der Waals surface area (Å²) >= 11 is 1.71. The third kappa shape index (κ3) is 5.51. The maximum atomic E-state index is 12.9. The molecule has 0 bridgehead atoms. The molecule has 0 amide bonds. The third-order valence-corrected chi connectivity index (χ3v) is 4.40. The van der Waals surface area contributed by atoms with Gasteiger partial charge in [-0.3, -0.25) is 4.79 Å². The number of carboxylic acid groups (broad SMARTS) is 1. The molecule has 0 heterocycles. The zero-order chi connectivity index (χ0) is 15.2. The number of carbonyl (C=O) groups is 1. The van der Waals surface area contributed by atoms with E-state index in [1.54, 1.807) is 11.8 Å². The van der Waals surface area contributed by atoms with Gasteiger partial charge in [-0.2, -0.15) is 11.8 Å². The number of thioether (sulfide) groups is 1. The minimum Gasteiger partial charge on any atom is -0.480 e. The highest BCUT2D eigenvalue weighted by Crippen LogP contribution is 2.28. The minimum absolute atomic E-state index is 0.0182. The first kappa shape index (κ1) is 17.0. The first-order valence-electron chi connectivity index (χ1n) is 6.65. The highest BCUT2D eigenvalue weighted by molar-refractivity contribution is 7.99. The molecular formula is C15H22FNO2S. The predicted octanol–water partition coefficient (Wildman–Crippen LogP) is 3.03. The molecular weight excluding hydrogens is 277 g/mol. The molecule has 5 heteroatoms. The number of nitrogens with two attached hydrogens (primary N) is 1. The second-order valence-corrected chi connectivity index (χ2v) is 6.71. The van der Waals surface area contributed by atoms with Crippen molar-refractivity contribution in [3.8, 4) is 0 Å². The Hall–Kier alpha value is -1.07. The van der Waals surface area contributed by atoms with Crippen LogP contribution in [0.3, 0.4) is 0 Å². The van der Waals surface area contributed by atoms with Gasteiger partial charge in [0, 0.05) is 0 Å². The molecule has 1 rings (SSSR count). The van der Waals surface area contributed by atoms with Gasteiger partial charge in [0.25, 0.3) is 0 Å². The number of hydrogen-bond acceptors (Lipinski definition) is 3. The van der Waals surface area contributed by atoms with Crippen molar-refractivity contribution in [2.75, 3.05) is 11.5 Å². The van der Waals surface area contributed by atoms with Crippen molar-refractivity contribution in [2.45, 2.75) is 38.1 Å². The lowest BCUT2D eigenvalue weighted by Crippen LogP contribution is -2.30. The van der Waals surface area contributed by atoms with Crippen LogP contribution in [-0.2, 0) is 10.2 Å². The van der Waals surface area contributed by atoms with Gasteiger partial charge in [0.2, 0.25) is 0 Å². The maximum Gasteiger partial charge on any atom is 0.320 e. The van der Waals surface area contributed by atoms with Crippen molar-refractivity contribution in [1.29, 1.82) is 0 Å². The topological polar surface area (TPSA) is 63.3 Å². The van der Waals surface area contributed by atoms with E-state index in [1.807, 2.05) is 12.1 Å². The highest BCUT2D eigenvalue weighted by atomic mass is 32.2. The van der Waals surface area contributed by atoms with Crippen LogP contribution < -0.4 is 5.73 Å². The summed E-state index contributed by atoms with van der Waals surface area (Å²) in [5.41, 5.74) is 6.54. The average Bonchev–Trinajstić information content (AvgIpc) is 2.38. The van der Waals surface area contributed by atoms with Gasteiger partial charge in [0.05, 0.1) is 0 Å². The third-order valence-electron chi connectivity index (χ3n) is 3.39. The number of halogens is 1. The quantitative estimate of drug-likeness (QED) is 0.724. The monoisotopic (exact) mass is 299 g/mol. The summed E-state index contributed by atoms with van der Waals surface area (Å²) in [6, 6.07) is 5.83. The molecule has 0 aliphatic carbocycles. The molecule has 3 N–H and O–H groups in total. The number of aliphatic carboxylic acids is 1. The molecule has 3 nitrogen and oxygen atoms in total. The van der Waals surface area contributed by atoms with Gasteiger partial charge in [-0.05, 0) is 47.5 Å². The van der Waals surface area contributed by atoms with Crippen LogP contribution in [0, 0.1) is 5.82 Å². The highest BCUT2D eigenvalue weighted by Gasteiger charge is 2.20. The van der Waals surface area contributed by atoms with Crippen molar-refractivity contribution < 1.29 is 14.3 Å². The molecule has 112 valence electrons. The molecule has 0 saturated heterocycles. The van der Waals surface area contributed by atoms with Crippen LogP contribution in [0.5, 0.6) is 0 Å². The van der Waals surface area contributed by atoms with Crippen LogP contribution >= 0.6 is 11.8 Å². The van der Waals surface area contributed by atoms with Crippen molar-refractivity contribution in [2.24, 2.45) is 5.73 Å². The molecule has 0 fully saturated rings. The second kappa shape index (κ2) is 7.64. The fraction of sp³-hybridized carbons (Fsp3) is 0.533. The zero-order valence-electron chi connectivity index (χ0n) is 11.9. The maximum absolute atomic E-state index is 12.9. The molecule has 0 aliphatic heterocycles. The molecule has 1 aromatic carbocycles. The molecule has 0 radical (unpaired) electrons. The molecule has 1 aromatic rings. The average molecular weight is 299 g/mol. The van der Waals surface area contributed by atoms with E-state index >= 15 is 0 Å². The second-order valence-electron chi connectivity index (χ2n) is 5.49. The molecule has 20 heavy (non-hydrogen) atoms. The molecule has 1 atom stereocenters. The van der Waals surface area contributed by atoms with Crippen LogP contribution in [0.25, 0.3) is 0 Å². The fourth-order valence-corrected chi connectivity index (χ4v) is 3.09. The standard InChI is InChI=1S/C15H22FNO2S/c1-15(2,11-3-5-12(16)6-4-11)8-10-20-9-7-13(17)14(18)19/h3-6,13H,7-10,17H2,1-2H3,(H,18,19). The Morgan fingerprint density at radius 1 is 1.35 bits per heavy atom. The van der Waals surface area contributed by atoms with E-state index < -0.39 is 12.0 Å². The van der Waals surface area contributed by atoms with Crippen molar-refractivity contribution in [1.82, 2.24) is 0 Å². The normalized spacial score (nSPS) is 13.2. The van der Waals surface area contributed by atoms with E-state index in [4.69, 9.17) is 10.8 Å². The number of benzene rings is 1. The Balaban J connectivity index is 2.33. The zero-order valence-corrected chi connectivity index (χ0v) is 12.8. The van der Waals surface area contributed by atoms with Crippen LogP contribution in [0.4, 0.5) is 4.39 Å². The van der Waals surface area contributed by atoms with Crippen LogP contribution in [0.15, 0.2) is 24.3 Å². The van der Waals surface area contributed by atoms with Crippen LogP contribution in [0.1, 0.15) is 32.3 Å². The summed E-state index contributed by atoms with van der Waals surface area (Å²) in [6.45, 7) is 4.26. The van der Waals surface area contributed by atoms with Gasteiger partial charge in [0.15, 0.2) is 0 Å². The number of hydrogen-bond donors (Lipinski definition) is 2. The van der Waals surface area contributed by atoms with E-state index in [9.17, 15) is 9.18 Å². The molecule has 0 saturated carbocycles. The van der Waals surface area contributed by atoms with E-state index in [1.165, 1.54) is 12.1 Å². The lowest BCUT2D eigenvalue weighted by Gasteiger charge is -2.25. The molecule has 1 unspecified atom stereocenters. The first-order chi connectivity index (χ1) is 9.33. The summed E-state index contributed by atoms with van der Waals surface area (Å²) < 4.78 is 12.9. The molecule has 0 aliphatic rings. The van der Waals surface area contributed by atoms with Crippen molar-refractivity contribution in [3.63, 3.8) is 0 Å². The lowest BCUT2D eigenvalue weighted by molar-refractivity contribution is -0.138. The van der Waals surface area contributed by atoms with E-state index in [2.05, 4.69) is 13.8 Å². The first-order valence-corrected chi connectivity index (χ1v) is 7.80. The smallest absolute Gasteiger partial charge is 0.320 e. The Morgan fingerprint density at radius 3 is 2.50 bits per heavy atom. The van der Waals surface area contributed by atoms with Gasteiger partial charge in [0.1, 0.15) is 11.9 Å². The van der Waals surface area contributed by atoms with Gasteiger partial charge in [-0.1, -0.05) is 26.0 Å². The van der Waals surface area contributed by atoms with E-state index in [0.717, 1.165) is 23.5 Å². The van der Waals surface area contributed by atoms with E-state index in [-0.39, 0.29) is 11.2 Å². The van der Waals surface area contributed by atoms with Gasteiger partial charge >= 0.3 is 5.97 Å². The van der Waals surface area contributed by atoms with Gasteiger partial charge in [-0.15, -0.1) is 0 Å².